The van der Waals surface area contributed by atoms with Gasteiger partial charge in [0.15, 0.2) is 23.1 Å². The van der Waals surface area contributed by atoms with E-state index in [0.29, 0.717) is 28.7 Å². The van der Waals surface area contributed by atoms with Crippen LogP contribution in [0, 0.1) is 5.82 Å². The topological polar surface area (TPSA) is 149 Å². The minimum Gasteiger partial charge on any atom is -0.382 e. The molecule has 35 heavy (non-hydrogen) atoms. The molecule has 3 aromatic heterocycles. The lowest BCUT2D eigenvalue weighted by molar-refractivity contribution is 0.515. The Kier molecular flexibility index (Phi) is 6.54. The number of anilines is 3. The van der Waals surface area contributed by atoms with Crippen LogP contribution in [0.5, 0.6) is 0 Å². The molecule has 0 aliphatic heterocycles. The van der Waals surface area contributed by atoms with Gasteiger partial charge in [-0.25, -0.2) is 24.0 Å². The maximum absolute atomic E-state index is 14.3. The summed E-state index contributed by atoms with van der Waals surface area (Å²) in [6.07, 6.45) is 2.12. The average Bonchev–Trinajstić information content (AvgIpc) is 3.18. The number of nitrogen functional groups attached to an aromatic ring is 2. The lowest BCUT2D eigenvalue weighted by Crippen LogP contribution is -2.41. The first-order valence-corrected chi connectivity index (χ1v) is 12.2. The fourth-order valence-corrected chi connectivity index (χ4v) is 4.89. The lowest BCUT2D eigenvalue weighted by atomic mass is 10.2. The highest BCUT2D eigenvalue weighted by Gasteiger charge is 2.30. The van der Waals surface area contributed by atoms with Crippen LogP contribution in [0.2, 0.25) is 0 Å². The molecule has 4 N–H and O–H groups in total. The summed E-state index contributed by atoms with van der Waals surface area (Å²) < 4.78 is 43.8. The Labute approximate surface area is 202 Å². The number of benzene rings is 1. The first-order valence-electron chi connectivity index (χ1n) is 10.8. The lowest BCUT2D eigenvalue weighted by Gasteiger charge is -2.28. The highest BCUT2D eigenvalue weighted by atomic mass is 32.2. The predicted octanol–water partition coefficient (Wildman–Crippen LogP) is 2.26. The van der Waals surface area contributed by atoms with Gasteiger partial charge < -0.3 is 11.5 Å². The fraction of sp³-hybridized carbons (Fsp3) is 0.273. The molecule has 0 unspecified atom stereocenters. The van der Waals surface area contributed by atoms with E-state index in [4.69, 9.17) is 11.5 Å². The van der Waals surface area contributed by atoms with Crippen LogP contribution in [0.25, 0.3) is 22.6 Å². The molecule has 0 saturated carbocycles. The molecule has 0 fully saturated rings. The van der Waals surface area contributed by atoms with Crippen LogP contribution in [-0.2, 0) is 16.8 Å². The number of hydrogen-bond acceptors (Lipinski definition) is 8. The largest absolute Gasteiger partial charge is 0.382 e. The van der Waals surface area contributed by atoms with Gasteiger partial charge in [0.1, 0.15) is 17.2 Å². The molecule has 13 heteroatoms. The summed E-state index contributed by atoms with van der Waals surface area (Å²) in [5.41, 5.74) is 13.7. The molecule has 0 amide bonds. The number of hydrogen-bond donors (Lipinski definition) is 2. The molecular formula is C22H26FN9O2S. The Bertz CT molecular complexity index is 1460. The van der Waals surface area contributed by atoms with E-state index in [1.54, 1.807) is 41.2 Å². The van der Waals surface area contributed by atoms with E-state index in [1.165, 1.54) is 20.2 Å². The van der Waals surface area contributed by atoms with Gasteiger partial charge in [-0.3, -0.25) is 4.31 Å². The van der Waals surface area contributed by atoms with Gasteiger partial charge in [-0.05, 0) is 24.6 Å². The van der Waals surface area contributed by atoms with E-state index in [-0.39, 0.29) is 42.1 Å². The summed E-state index contributed by atoms with van der Waals surface area (Å²) >= 11 is 0. The van der Waals surface area contributed by atoms with Gasteiger partial charge in [0.25, 0.3) is 0 Å². The molecule has 0 radical (unpaired) electrons. The molecule has 4 rings (SSSR count). The van der Waals surface area contributed by atoms with Gasteiger partial charge >= 0.3 is 10.2 Å². The molecule has 0 aliphatic carbocycles. The van der Waals surface area contributed by atoms with Crippen LogP contribution in [-0.4, -0.2) is 58.1 Å². The number of nitrogens with zero attached hydrogens (tertiary/aromatic N) is 7. The van der Waals surface area contributed by atoms with Crippen molar-refractivity contribution < 1.29 is 12.8 Å². The van der Waals surface area contributed by atoms with Crippen LogP contribution >= 0.6 is 0 Å². The normalized spacial score (nSPS) is 11.9. The number of nitrogens with two attached hydrogens (primary N) is 2. The number of pyridine rings is 1. The molecule has 0 spiro atoms. The molecule has 0 bridgehead atoms. The van der Waals surface area contributed by atoms with Crippen LogP contribution in [0.1, 0.15) is 18.9 Å². The van der Waals surface area contributed by atoms with E-state index in [0.717, 1.165) is 8.61 Å². The van der Waals surface area contributed by atoms with Gasteiger partial charge in [0, 0.05) is 32.4 Å². The molecule has 11 nitrogen and oxygen atoms in total. The van der Waals surface area contributed by atoms with Gasteiger partial charge in [0.2, 0.25) is 0 Å². The van der Waals surface area contributed by atoms with E-state index in [9.17, 15) is 12.8 Å². The second-order valence-electron chi connectivity index (χ2n) is 8.00. The van der Waals surface area contributed by atoms with Crippen molar-refractivity contribution in [2.75, 3.05) is 36.4 Å². The zero-order valence-corrected chi connectivity index (χ0v) is 20.4. The molecule has 4 aromatic rings. The van der Waals surface area contributed by atoms with Crippen molar-refractivity contribution in [3.05, 3.63) is 54.0 Å². The summed E-state index contributed by atoms with van der Waals surface area (Å²) in [6.45, 7) is 2.11. The van der Waals surface area contributed by atoms with Gasteiger partial charge in [0.05, 0.1) is 11.9 Å². The van der Waals surface area contributed by atoms with E-state index in [1.807, 2.05) is 6.92 Å². The number of fused-ring (bicyclic) bond motifs is 1. The monoisotopic (exact) mass is 499 g/mol. The summed E-state index contributed by atoms with van der Waals surface area (Å²) in [6, 6.07) is 9.91. The Hall–Kier alpha value is -3.84. The van der Waals surface area contributed by atoms with E-state index < -0.39 is 10.2 Å². The van der Waals surface area contributed by atoms with Crippen molar-refractivity contribution in [1.82, 2.24) is 29.0 Å². The quantitative estimate of drug-likeness (QED) is 0.375. The van der Waals surface area contributed by atoms with Crippen molar-refractivity contribution in [3.8, 4) is 11.5 Å². The summed E-state index contributed by atoms with van der Waals surface area (Å²) in [5.74, 6) is -0.465. The van der Waals surface area contributed by atoms with Gasteiger partial charge in [-0.2, -0.15) is 17.8 Å². The van der Waals surface area contributed by atoms with Crippen LogP contribution in [0.4, 0.5) is 21.7 Å². The molecule has 3 heterocycles. The van der Waals surface area contributed by atoms with Crippen LogP contribution < -0.4 is 15.8 Å². The second-order valence-corrected chi connectivity index (χ2v) is 10.1. The Morgan fingerprint density at radius 3 is 2.37 bits per heavy atom. The third kappa shape index (κ3) is 4.47. The number of rotatable bonds is 8. The van der Waals surface area contributed by atoms with Crippen molar-refractivity contribution in [2.24, 2.45) is 0 Å². The highest BCUT2D eigenvalue weighted by Crippen LogP contribution is 2.34. The van der Waals surface area contributed by atoms with E-state index in [2.05, 4.69) is 20.1 Å². The molecular weight excluding hydrogens is 473 g/mol. The maximum Gasteiger partial charge on any atom is 0.303 e. The van der Waals surface area contributed by atoms with Crippen LogP contribution in [0.3, 0.4) is 0 Å². The minimum atomic E-state index is -3.88. The van der Waals surface area contributed by atoms with Crippen LogP contribution in [0.15, 0.2) is 42.6 Å². The molecule has 1 aromatic carbocycles. The third-order valence-electron chi connectivity index (χ3n) is 5.35. The fourth-order valence-electron chi connectivity index (χ4n) is 3.67. The summed E-state index contributed by atoms with van der Waals surface area (Å²) in [4.78, 5) is 13.1. The maximum atomic E-state index is 14.3. The molecule has 184 valence electrons. The second kappa shape index (κ2) is 9.43. The average molecular weight is 500 g/mol. The third-order valence-corrected chi connectivity index (χ3v) is 7.20. The Morgan fingerprint density at radius 1 is 1.06 bits per heavy atom. The molecule has 0 atom stereocenters. The highest BCUT2D eigenvalue weighted by molar-refractivity contribution is 7.90. The minimum absolute atomic E-state index is 0.0116. The molecule has 0 saturated heterocycles. The van der Waals surface area contributed by atoms with E-state index >= 15 is 0 Å². The van der Waals surface area contributed by atoms with Crippen molar-refractivity contribution >= 4 is 38.6 Å². The number of aromatic nitrogens is 5. The Morgan fingerprint density at radius 2 is 1.74 bits per heavy atom. The number of halogens is 1. The zero-order chi connectivity index (χ0) is 25.3. The van der Waals surface area contributed by atoms with Crippen molar-refractivity contribution in [1.29, 1.82) is 0 Å². The first-order chi connectivity index (χ1) is 16.6. The molecule has 0 aliphatic rings. The van der Waals surface area contributed by atoms with Crippen molar-refractivity contribution in [2.45, 2.75) is 19.9 Å². The summed E-state index contributed by atoms with van der Waals surface area (Å²) in [7, 11) is -1.05. The standard InChI is InChI=1S/C22H26FN9O2S/c1-4-12-32(35(33,34)30(2)3)18-19(24)27-21(28-20(18)25)17-15-9-7-11-26-22(15)31(29-17)13-14-8-5-6-10-16(14)23/h5-11H,4,12-13H2,1-3H3,(H4,24,25,27,28). The SMILES string of the molecule is CCCN(c1c(N)nc(-c2nn(Cc3ccccc3F)c3ncccc23)nc1N)S(=O)(=O)N(C)C. The zero-order valence-electron chi connectivity index (χ0n) is 19.6. The first kappa shape index (κ1) is 24.3. The summed E-state index contributed by atoms with van der Waals surface area (Å²) in [5, 5.41) is 5.19. The van der Waals surface area contributed by atoms with Gasteiger partial charge in [-0.15, -0.1) is 0 Å². The predicted molar refractivity (Wildman–Crippen MR) is 133 cm³/mol. The smallest absolute Gasteiger partial charge is 0.303 e. The Balaban J connectivity index is 1.84. The van der Waals surface area contributed by atoms with Crippen molar-refractivity contribution in [3.63, 3.8) is 0 Å². The van der Waals surface area contributed by atoms with Gasteiger partial charge in [-0.1, -0.05) is 25.1 Å².